The zero-order valence-corrected chi connectivity index (χ0v) is 18.0. The van der Waals surface area contributed by atoms with Crippen LogP contribution in [-0.4, -0.2) is 54.2 Å². The number of amides is 1. The Morgan fingerprint density at radius 3 is 2.30 bits per heavy atom. The SMILES string of the molecule is CN1CCN(c2ccc(-c3ccc(NC(=O)c4ccc(Cl)cc4Cl)cc3)nn2)CC1. The molecule has 1 aliphatic heterocycles. The molecule has 1 aromatic heterocycles. The maximum Gasteiger partial charge on any atom is 0.257 e. The van der Waals surface area contributed by atoms with E-state index in [1.54, 1.807) is 18.2 Å². The highest BCUT2D eigenvalue weighted by molar-refractivity contribution is 6.37. The second-order valence-electron chi connectivity index (χ2n) is 7.22. The quantitative estimate of drug-likeness (QED) is 0.647. The minimum atomic E-state index is -0.291. The van der Waals surface area contributed by atoms with E-state index in [-0.39, 0.29) is 5.91 Å². The van der Waals surface area contributed by atoms with Crippen LogP contribution in [0.3, 0.4) is 0 Å². The van der Waals surface area contributed by atoms with Gasteiger partial charge in [-0.1, -0.05) is 35.3 Å². The number of rotatable bonds is 4. The molecule has 8 heteroatoms. The monoisotopic (exact) mass is 441 g/mol. The number of nitrogens with zero attached hydrogens (tertiary/aromatic N) is 4. The van der Waals surface area contributed by atoms with Crippen LogP contribution in [0.4, 0.5) is 11.5 Å². The first kappa shape index (κ1) is 20.6. The molecule has 4 rings (SSSR count). The number of hydrogen-bond donors (Lipinski definition) is 1. The standard InChI is InChI=1S/C22H21Cl2N5O/c1-28-10-12-29(13-11-28)21-9-8-20(26-27-21)15-2-5-17(6-3-15)25-22(30)18-7-4-16(23)14-19(18)24/h2-9,14H,10-13H2,1H3,(H,25,30). The number of anilines is 2. The zero-order valence-electron chi connectivity index (χ0n) is 16.5. The largest absolute Gasteiger partial charge is 0.353 e. The summed E-state index contributed by atoms with van der Waals surface area (Å²) in [7, 11) is 2.13. The maximum absolute atomic E-state index is 12.4. The number of hydrogen-bond acceptors (Lipinski definition) is 5. The minimum absolute atomic E-state index is 0.291. The molecule has 0 saturated carbocycles. The van der Waals surface area contributed by atoms with E-state index in [1.165, 1.54) is 0 Å². The topological polar surface area (TPSA) is 61.4 Å². The van der Waals surface area contributed by atoms with E-state index in [2.05, 4.69) is 32.4 Å². The fraction of sp³-hybridized carbons (Fsp3) is 0.227. The van der Waals surface area contributed by atoms with Gasteiger partial charge < -0.3 is 15.1 Å². The number of halogens is 2. The molecular formula is C22H21Cl2N5O. The highest BCUT2D eigenvalue weighted by Gasteiger charge is 2.16. The molecule has 3 aromatic rings. The van der Waals surface area contributed by atoms with Crippen LogP contribution >= 0.6 is 23.2 Å². The molecule has 2 heterocycles. The lowest BCUT2D eigenvalue weighted by Crippen LogP contribution is -2.44. The average molecular weight is 442 g/mol. The summed E-state index contributed by atoms with van der Waals surface area (Å²) >= 11 is 12.0. The Morgan fingerprint density at radius 1 is 0.933 bits per heavy atom. The third-order valence-electron chi connectivity index (χ3n) is 5.09. The van der Waals surface area contributed by atoms with Crippen molar-refractivity contribution in [2.24, 2.45) is 0 Å². The number of likely N-dealkylation sites (N-methyl/N-ethyl adjacent to an activating group) is 1. The highest BCUT2D eigenvalue weighted by Crippen LogP contribution is 2.24. The fourth-order valence-corrected chi connectivity index (χ4v) is 3.77. The Bertz CT molecular complexity index is 1030. The summed E-state index contributed by atoms with van der Waals surface area (Å²) in [6, 6.07) is 16.2. The summed E-state index contributed by atoms with van der Waals surface area (Å²) in [5.74, 6) is 0.608. The van der Waals surface area contributed by atoms with Crippen molar-refractivity contribution in [3.63, 3.8) is 0 Å². The molecule has 0 atom stereocenters. The number of benzene rings is 2. The van der Waals surface area contributed by atoms with Crippen LogP contribution in [0.2, 0.25) is 10.0 Å². The second-order valence-corrected chi connectivity index (χ2v) is 8.07. The third-order valence-corrected chi connectivity index (χ3v) is 5.64. The molecule has 30 heavy (non-hydrogen) atoms. The lowest BCUT2D eigenvalue weighted by molar-refractivity contribution is 0.102. The summed E-state index contributed by atoms with van der Waals surface area (Å²) in [5, 5.41) is 12.4. The number of carbonyl (C=O) groups is 1. The number of piperazine rings is 1. The molecule has 1 fully saturated rings. The van der Waals surface area contributed by atoms with E-state index in [0.717, 1.165) is 43.3 Å². The van der Waals surface area contributed by atoms with Gasteiger partial charge >= 0.3 is 0 Å². The fourth-order valence-electron chi connectivity index (χ4n) is 3.28. The van der Waals surface area contributed by atoms with Crippen molar-refractivity contribution in [2.75, 3.05) is 43.4 Å². The molecule has 0 bridgehead atoms. The van der Waals surface area contributed by atoms with Crippen molar-refractivity contribution in [3.8, 4) is 11.3 Å². The predicted octanol–water partition coefficient (Wildman–Crippen LogP) is 4.45. The normalized spacial score (nSPS) is 14.6. The molecule has 6 nitrogen and oxygen atoms in total. The van der Waals surface area contributed by atoms with Crippen molar-refractivity contribution in [3.05, 3.63) is 70.2 Å². The summed E-state index contributed by atoms with van der Waals surface area (Å²) in [6.45, 7) is 3.96. The van der Waals surface area contributed by atoms with E-state index < -0.39 is 0 Å². The first-order valence-electron chi connectivity index (χ1n) is 9.64. The second kappa shape index (κ2) is 9.00. The number of aromatic nitrogens is 2. The minimum Gasteiger partial charge on any atom is -0.353 e. The van der Waals surface area contributed by atoms with Crippen LogP contribution in [0.25, 0.3) is 11.3 Å². The Balaban J connectivity index is 1.42. The van der Waals surface area contributed by atoms with E-state index in [4.69, 9.17) is 23.2 Å². The lowest BCUT2D eigenvalue weighted by Gasteiger charge is -2.32. The van der Waals surface area contributed by atoms with Crippen molar-refractivity contribution < 1.29 is 4.79 Å². The summed E-state index contributed by atoms with van der Waals surface area (Å²) in [5.41, 5.74) is 2.74. The van der Waals surface area contributed by atoms with E-state index in [1.807, 2.05) is 36.4 Å². The predicted molar refractivity (Wildman–Crippen MR) is 122 cm³/mol. The smallest absolute Gasteiger partial charge is 0.257 e. The van der Waals surface area contributed by atoms with Gasteiger partial charge in [-0.05, 0) is 49.5 Å². The zero-order chi connectivity index (χ0) is 21.1. The molecule has 2 aromatic carbocycles. The molecule has 1 aliphatic rings. The van der Waals surface area contributed by atoms with Crippen molar-refractivity contribution >= 4 is 40.6 Å². The summed E-state index contributed by atoms with van der Waals surface area (Å²) < 4.78 is 0. The Hall–Kier alpha value is -2.67. The van der Waals surface area contributed by atoms with Gasteiger partial charge in [-0.3, -0.25) is 4.79 Å². The molecule has 1 amide bonds. The number of carbonyl (C=O) groups excluding carboxylic acids is 1. The van der Waals surface area contributed by atoms with Crippen LogP contribution in [0, 0.1) is 0 Å². The van der Waals surface area contributed by atoms with E-state index in [9.17, 15) is 4.79 Å². The van der Waals surface area contributed by atoms with Crippen molar-refractivity contribution in [2.45, 2.75) is 0 Å². The Labute approximate surface area is 185 Å². The molecule has 0 spiro atoms. The van der Waals surface area contributed by atoms with Crippen LogP contribution < -0.4 is 10.2 Å². The van der Waals surface area contributed by atoms with Crippen molar-refractivity contribution in [1.29, 1.82) is 0 Å². The highest BCUT2D eigenvalue weighted by atomic mass is 35.5. The summed E-state index contributed by atoms with van der Waals surface area (Å²) in [4.78, 5) is 17.0. The molecule has 0 aliphatic carbocycles. The van der Waals surface area contributed by atoms with Crippen molar-refractivity contribution in [1.82, 2.24) is 15.1 Å². The number of nitrogens with one attached hydrogen (secondary N) is 1. The Morgan fingerprint density at radius 2 is 1.67 bits per heavy atom. The Kier molecular flexibility index (Phi) is 6.18. The van der Waals surface area contributed by atoms with Gasteiger partial charge in [-0.25, -0.2) is 0 Å². The summed E-state index contributed by atoms with van der Waals surface area (Å²) in [6.07, 6.45) is 0. The molecule has 1 saturated heterocycles. The molecule has 0 radical (unpaired) electrons. The van der Waals surface area contributed by atoms with Gasteiger partial charge in [0.1, 0.15) is 0 Å². The van der Waals surface area contributed by atoms with Gasteiger partial charge in [0.15, 0.2) is 5.82 Å². The molecule has 154 valence electrons. The van der Waals surface area contributed by atoms with Gasteiger partial charge in [-0.15, -0.1) is 10.2 Å². The van der Waals surface area contributed by atoms with Crippen LogP contribution in [-0.2, 0) is 0 Å². The van der Waals surface area contributed by atoms with Gasteiger partial charge in [0.2, 0.25) is 0 Å². The van der Waals surface area contributed by atoms with Crippen LogP contribution in [0.1, 0.15) is 10.4 Å². The van der Waals surface area contributed by atoms with Crippen LogP contribution in [0.5, 0.6) is 0 Å². The van der Waals surface area contributed by atoms with Gasteiger partial charge in [0.25, 0.3) is 5.91 Å². The van der Waals surface area contributed by atoms with E-state index >= 15 is 0 Å². The molecular weight excluding hydrogens is 421 g/mol. The van der Waals surface area contributed by atoms with E-state index in [0.29, 0.717) is 21.3 Å². The van der Waals surface area contributed by atoms with Gasteiger partial charge in [0, 0.05) is 42.5 Å². The van der Waals surface area contributed by atoms with Crippen LogP contribution in [0.15, 0.2) is 54.6 Å². The first-order valence-corrected chi connectivity index (χ1v) is 10.4. The third kappa shape index (κ3) is 4.73. The lowest BCUT2D eigenvalue weighted by atomic mass is 10.1. The maximum atomic E-state index is 12.4. The first-order chi connectivity index (χ1) is 14.5. The molecule has 0 unspecified atom stereocenters. The van der Waals surface area contributed by atoms with Gasteiger partial charge in [0.05, 0.1) is 16.3 Å². The molecule has 1 N–H and O–H groups in total. The average Bonchev–Trinajstić information content (AvgIpc) is 2.75. The van der Waals surface area contributed by atoms with Gasteiger partial charge in [-0.2, -0.15) is 0 Å².